The molecule has 1 atom stereocenters. The monoisotopic (exact) mass is 478 g/mol. The molecule has 1 aliphatic rings. The number of benzene rings is 2. The lowest BCUT2D eigenvalue weighted by molar-refractivity contribution is -0.141. The van der Waals surface area contributed by atoms with E-state index >= 15 is 0 Å². The van der Waals surface area contributed by atoms with Gasteiger partial charge in [0, 0.05) is 28.2 Å². The van der Waals surface area contributed by atoms with E-state index in [9.17, 15) is 14.0 Å². The highest BCUT2D eigenvalue weighted by molar-refractivity contribution is 6.36. The largest absolute Gasteiger partial charge is 0.352 e. The normalized spacial score (nSPS) is 15.2. The Balaban J connectivity index is 1.85. The second kappa shape index (κ2) is 11.7. The van der Waals surface area contributed by atoms with Crippen LogP contribution in [0.3, 0.4) is 0 Å². The molecule has 0 bridgehead atoms. The fraction of sp³-hybridized carbons (Fsp3) is 0.440. The van der Waals surface area contributed by atoms with Gasteiger partial charge in [0.1, 0.15) is 11.9 Å². The molecule has 1 saturated carbocycles. The maximum atomic E-state index is 13.4. The van der Waals surface area contributed by atoms with Gasteiger partial charge in [-0.25, -0.2) is 4.39 Å². The molecule has 2 amide bonds. The first kappa shape index (κ1) is 24.5. The van der Waals surface area contributed by atoms with Gasteiger partial charge in [0.05, 0.1) is 6.42 Å². The first-order valence-corrected chi connectivity index (χ1v) is 11.9. The topological polar surface area (TPSA) is 49.4 Å². The molecule has 172 valence electrons. The summed E-state index contributed by atoms with van der Waals surface area (Å²) in [5.74, 6) is -0.757. The summed E-state index contributed by atoms with van der Waals surface area (Å²) in [5.41, 5.74) is 1.28. The number of carbonyl (C=O) groups is 2. The molecular weight excluding hydrogens is 450 g/mol. The third-order valence-corrected chi connectivity index (χ3v) is 6.70. The zero-order chi connectivity index (χ0) is 23.1. The third kappa shape index (κ3) is 6.46. The van der Waals surface area contributed by atoms with E-state index in [1.807, 2.05) is 6.92 Å². The summed E-state index contributed by atoms with van der Waals surface area (Å²) in [6.45, 7) is 2.01. The Morgan fingerprint density at radius 1 is 1.06 bits per heavy atom. The second-order valence-electron chi connectivity index (χ2n) is 8.29. The van der Waals surface area contributed by atoms with Crippen LogP contribution < -0.4 is 5.32 Å². The fourth-order valence-corrected chi connectivity index (χ4v) is 4.71. The summed E-state index contributed by atoms with van der Waals surface area (Å²) >= 11 is 12.7. The molecule has 1 unspecified atom stereocenters. The molecule has 0 aromatic heterocycles. The Labute approximate surface area is 199 Å². The molecule has 1 aliphatic carbocycles. The Bertz CT molecular complexity index is 910. The van der Waals surface area contributed by atoms with Crippen molar-refractivity contribution in [3.8, 4) is 0 Å². The van der Waals surface area contributed by atoms with E-state index in [-0.39, 0.29) is 36.6 Å². The maximum absolute atomic E-state index is 13.4. The molecule has 0 heterocycles. The standard InChI is InChI=1S/C25H29Cl2FN2O2/c1-2-23(25(32)29-19-7-4-3-5-8-19)30(16-20-21(26)9-6-10-22(20)27)24(31)15-17-11-13-18(28)14-12-17/h6,9-14,19,23H,2-5,7-8,15-16H2,1H3,(H,29,32). The highest BCUT2D eigenvalue weighted by Crippen LogP contribution is 2.27. The second-order valence-corrected chi connectivity index (χ2v) is 9.11. The highest BCUT2D eigenvalue weighted by Gasteiger charge is 2.31. The number of halogens is 3. The molecule has 0 saturated heterocycles. The predicted molar refractivity (Wildman–Crippen MR) is 126 cm³/mol. The predicted octanol–water partition coefficient (Wildman–Crippen LogP) is 5.93. The van der Waals surface area contributed by atoms with Crippen molar-refractivity contribution in [2.75, 3.05) is 0 Å². The Hall–Kier alpha value is -2.11. The Kier molecular flexibility index (Phi) is 8.94. The van der Waals surface area contributed by atoms with Gasteiger partial charge in [-0.2, -0.15) is 0 Å². The van der Waals surface area contributed by atoms with E-state index in [0.29, 0.717) is 27.6 Å². The maximum Gasteiger partial charge on any atom is 0.243 e. The number of amides is 2. The Morgan fingerprint density at radius 2 is 1.69 bits per heavy atom. The lowest BCUT2D eigenvalue weighted by Gasteiger charge is -2.33. The average Bonchev–Trinajstić information content (AvgIpc) is 2.77. The van der Waals surface area contributed by atoms with Crippen LogP contribution in [-0.2, 0) is 22.6 Å². The minimum absolute atomic E-state index is 0.0512. The van der Waals surface area contributed by atoms with Gasteiger partial charge in [-0.15, -0.1) is 0 Å². The molecule has 0 aliphatic heterocycles. The number of hydrogen-bond donors (Lipinski definition) is 1. The van der Waals surface area contributed by atoms with E-state index in [4.69, 9.17) is 23.2 Å². The van der Waals surface area contributed by atoms with Crippen molar-refractivity contribution < 1.29 is 14.0 Å². The quantitative estimate of drug-likeness (QED) is 0.510. The van der Waals surface area contributed by atoms with Crippen LogP contribution in [-0.4, -0.2) is 28.8 Å². The van der Waals surface area contributed by atoms with E-state index < -0.39 is 6.04 Å². The number of carbonyl (C=O) groups excluding carboxylic acids is 2. The fourth-order valence-electron chi connectivity index (χ4n) is 4.20. The van der Waals surface area contributed by atoms with Crippen LogP contribution in [0.2, 0.25) is 10.0 Å². The van der Waals surface area contributed by atoms with Gasteiger partial charge in [0.15, 0.2) is 0 Å². The van der Waals surface area contributed by atoms with Crippen molar-refractivity contribution in [1.82, 2.24) is 10.2 Å². The molecule has 2 aromatic rings. The van der Waals surface area contributed by atoms with Crippen molar-refractivity contribution in [3.63, 3.8) is 0 Å². The van der Waals surface area contributed by atoms with E-state index in [0.717, 1.165) is 25.7 Å². The first-order chi connectivity index (χ1) is 15.4. The zero-order valence-electron chi connectivity index (χ0n) is 18.3. The van der Waals surface area contributed by atoms with Gasteiger partial charge in [-0.1, -0.05) is 67.6 Å². The van der Waals surface area contributed by atoms with Crippen molar-refractivity contribution in [2.24, 2.45) is 0 Å². The lowest BCUT2D eigenvalue weighted by atomic mass is 9.95. The molecule has 0 radical (unpaired) electrons. The summed E-state index contributed by atoms with van der Waals surface area (Å²) in [6.07, 6.45) is 5.82. The molecule has 2 aromatic carbocycles. The molecule has 1 fully saturated rings. The SMILES string of the molecule is CCC(C(=O)NC1CCCCC1)N(Cc1c(Cl)cccc1Cl)C(=O)Cc1ccc(F)cc1. The van der Waals surface area contributed by atoms with Gasteiger partial charge < -0.3 is 10.2 Å². The van der Waals surface area contributed by atoms with Crippen LogP contribution in [0.4, 0.5) is 4.39 Å². The first-order valence-electron chi connectivity index (χ1n) is 11.2. The molecule has 7 heteroatoms. The van der Waals surface area contributed by atoms with Crippen molar-refractivity contribution in [3.05, 3.63) is 69.5 Å². The number of nitrogens with one attached hydrogen (secondary N) is 1. The van der Waals surface area contributed by atoms with E-state index in [2.05, 4.69) is 5.32 Å². The molecule has 1 N–H and O–H groups in total. The van der Waals surface area contributed by atoms with E-state index in [1.54, 1.807) is 35.2 Å². The minimum atomic E-state index is -0.655. The molecule has 3 rings (SSSR count). The average molecular weight is 479 g/mol. The summed E-state index contributed by atoms with van der Waals surface area (Å²) in [6, 6.07) is 10.5. The zero-order valence-corrected chi connectivity index (χ0v) is 19.8. The van der Waals surface area contributed by atoms with E-state index in [1.165, 1.54) is 18.6 Å². The van der Waals surface area contributed by atoms with Crippen LogP contribution in [0.25, 0.3) is 0 Å². The van der Waals surface area contributed by atoms with Crippen LogP contribution in [0.5, 0.6) is 0 Å². The highest BCUT2D eigenvalue weighted by atomic mass is 35.5. The van der Waals surface area contributed by atoms with Crippen LogP contribution in [0.15, 0.2) is 42.5 Å². The van der Waals surface area contributed by atoms with Gasteiger partial charge in [0.2, 0.25) is 11.8 Å². The Morgan fingerprint density at radius 3 is 2.28 bits per heavy atom. The van der Waals surface area contributed by atoms with Gasteiger partial charge in [-0.3, -0.25) is 9.59 Å². The number of nitrogens with zero attached hydrogens (tertiary/aromatic N) is 1. The van der Waals surface area contributed by atoms with Gasteiger partial charge >= 0.3 is 0 Å². The minimum Gasteiger partial charge on any atom is -0.352 e. The summed E-state index contributed by atoms with van der Waals surface area (Å²) in [5, 5.41) is 4.03. The molecular formula is C25H29Cl2FN2O2. The third-order valence-electron chi connectivity index (χ3n) is 6.00. The van der Waals surface area contributed by atoms with Crippen molar-refractivity contribution >= 4 is 35.0 Å². The lowest BCUT2D eigenvalue weighted by Crippen LogP contribution is -2.52. The molecule has 4 nitrogen and oxygen atoms in total. The van der Waals surface area contributed by atoms with Crippen LogP contribution >= 0.6 is 23.2 Å². The smallest absolute Gasteiger partial charge is 0.243 e. The summed E-state index contributed by atoms with van der Waals surface area (Å²) in [7, 11) is 0. The number of rotatable bonds is 8. The van der Waals surface area contributed by atoms with Crippen LogP contribution in [0, 0.1) is 5.82 Å². The summed E-state index contributed by atoms with van der Waals surface area (Å²) in [4.78, 5) is 28.2. The van der Waals surface area contributed by atoms with Crippen molar-refractivity contribution in [1.29, 1.82) is 0 Å². The molecule has 32 heavy (non-hydrogen) atoms. The molecule has 0 spiro atoms. The number of hydrogen-bond acceptors (Lipinski definition) is 2. The van der Waals surface area contributed by atoms with Crippen LogP contribution in [0.1, 0.15) is 56.6 Å². The summed E-state index contributed by atoms with van der Waals surface area (Å²) < 4.78 is 13.3. The van der Waals surface area contributed by atoms with Gasteiger partial charge in [0.25, 0.3) is 0 Å². The van der Waals surface area contributed by atoms with Crippen molar-refractivity contribution in [2.45, 2.75) is 70.5 Å². The van der Waals surface area contributed by atoms with Gasteiger partial charge in [-0.05, 0) is 49.1 Å².